The summed E-state index contributed by atoms with van der Waals surface area (Å²) in [5, 5.41) is 8.51. The average molecular weight is 219 g/mol. The summed E-state index contributed by atoms with van der Waals surface area (Å²) in [6.07, 6.45) is 3.74. The van der Waals surface area contributed by atoms with Gasteiger partial charge < -0.3 is 5.73 Å². The van der Waals surface area contributed by atoms with Crippen molar-refractivity contribution in [2.75, 3.05) is 0 Å². The molecule has 5 heteroatoms. The molecule has 2 N–H and O–H groups in total. The van der Waals surface area contributed by atoms with Crippen molar-refractivity contribution < 1.29 is 0 Å². The van der Waals surface area contributed by atoms with Gasteiger partial charge in [-0.2, -0.15) is 10.2 Å². The van der Waals surface area contributed by atoms with Gasteiger partial charge in [0.2, 0.25) is 0 Å². The summed E-state index contributed by atoms with van der Waals surface area (Å²) in [7, 11) is 3.82. The molecule has 0 aromatic carbocycles. The normalized spacial score (nSPS) is 13.1. The van der Waals surface area contributed by atoms with Crippen molar-refractivity contribution in [1.29, 1.82) is 0 Å². The third kappa shape index (κ3) is 1.63. The molecule has 16 heavy (non-hydrogen) atoms. The first-order valence-corrected chi connectivity index (χ1v) is 5.25. The Morgan fingerprint density at radius 1 is 1.31 bits per heavy atom. The molecule has 2 heterocycles. The van der Waals surface area contributed by atoms with Crippen LogP contribution in [0.3, 0.4) is 0 Å². The molecule has 0 aliphatic heterocycles. The molecule has 1 atom stereocenters. The summed E-state index contributed by atoms with van der Waals surface area (Å²) in [6, 6.07) is -0.151. The summed E-state index contributed by atoms with van der Waals surface area (Å²) >= 11 is 0. The minimum absolute atomic E-state index is 0.151. The summed E-state index contributed by atoms with van der Waals surface area (Å²) in [4.78, 5) is 0. The van der Waals surface area contributed by atoms with Crippen LogP contribution in [-0.4, -0.2) is 19.6 Å². The predicted molar refractivity (Wildman–Crippen MR) is 61.9 cm³/mol. The maximum atomic E-state index is 6.24. The zero-order valence-electron chi connectivity index (χ0n) is 10.1. The van der Waals surface area contributed by atoms with E-state index in [1.165, 1.54) is 0 Å². The van der Waals surface area contributed by atoms with Crippen molar-refractivity contribution in [2.45, 2.75) is 19.9 Å². The van der Waals surface area contributed by atoms with E-state index < -0.39 is 0 Å². The minimum atomic E-state index is -0.151. The molecule has 0 aliphatic rings. The van der Waals surface area contributed by atoms with Gasteiger partial charge in [0.25, 0.3) is 0 Å². The van der Waals surface area contributed by atoms with Gasteiger partial charge in [0, 0.05) is 37.1 Å². The van der Waals surface area contributed by atoms with Gasteiger partial charge in [-0.05, 0) is 13.8 Å². The molecule has 0 radical (unpaired) electrons. The van der Waals surface area contributed by atoms with Crippen molar-refractivity contribution in [1.82, 2.24) is 19.6 Å². The zero-order chi connectivity index (χ0) is 11.9. The Labute approximate surface area is 94.9 Å². The van der Waals surface area contributed by atoms with Crippen molar-refractivity contribution in [3.05, 3.63) is 34.9 Å². The molecule has 5 nitrogen and oxygen atoms in total. The topological polar surface area (TPSA) is 61.7 Å². The van der Waals surface area contributed by atoms with E-state index in [0.717, 1.165) is 22.5 Å². The Morgan fingerprint density at radius 3 is 2.44 bits per heavy atom. The Kier molecular flexibility index (Phi) is 2.55. The average Bonchev–Trinajstić information content (AvgIpc) is 2.73. The molecule has 0 spiro atoms. The van der Waals surface area contributed by atoms with Crippen LogP contribution in [0.1, 0.15) is 28.6 Å². The van der Waals surface area contributed by atoms with Crippen LogP contribution < -0.4 is 5.73 Å². The SMILES string of the molecule is Cc1nn(C)c(C)c1C(N)c1cnn(C)c1. The van der Waals surface area contributed by atoms with E-state index in [2.05, 4.69) is 10.2 Å². The molecule has 0 saturated carbocycles. The number of aryl methyl sites for hydroxylation is 3. The molecule has 0 fully saturated rings. The highest BCUT2D eigenvalue weighted by Crippen LogP contribution is 2.24. The summed E-state index contributed by atoms with van der Waals surface area (Å²) < 4.78 is 3.62. The van der Waals surface area contributed by atoms with Gasteiger partial charge in [-0.1, -0.05) is 0 Å². The smallest absolute Gasteiger partial charge is 0.0647 e. The van der Waals surface area contributed by atoms with Crippen LogP contribution in [0.25, 0.3) is 0 Å². The van der Waals surface area contributed by atoms with E-state index in [4.69, 9.17) is 5.73 Å². The van der Waals surface area contributed by atoms with Gasteiger partial charge in [0.05, 0.1) is 17.9 Å². The minimum Gasteiger partial charge on any atom is -0.320 e. The van der Waals surface area contributed by atoms with Crippen LogP contribution in [0.5, 0.6) is 0 Å². The van der Waals surface area contributed by atoms with Gasteiger partial charge >= 0.3 is 0 Å². The fraction of sp³-hybridized carbons (Fsp3) is 0.455. The maximum absolute atomic E-state index is 6.24. The highest BCUT2D eigenvalue weighted by Gasteiger charge is 2.19. The number of rotatable bonds is 2. The van der Waals surface area contributed by atoms with E-state index in [1.54, 1.807) is 10.9 Å². The van der Waals surface area contributed by atoms with Crippen LogP contribution in [0, 0.1) is 13.8 Å². The molecule has 2 aromatic heterocycles. The van der Waals surface area contributed by atoms with E-state index in [1.807, 2.05) is 38.8 Å². The van der Waals surface area contributed by atoms with E-state index in [-0.39, 0.29) is 6.04 Å². The fourth-order valence-electron chi connectivity index (χ4n) is 2.01. The third-order valence-corrected chi connectivity index (χ3v) is 2.96. The zero-order valence-corrected chi connectivity index (χ0v) is 10.1. The van der Waals surface area contributed by atoms with Crippen molar-refractivity contribution in [2.24, 2.45) is 19.8 Å². The largest absolute Gasteiger partial charge is 0.320 e. The highest BCUT2D eigenvalue weighted by atomic mass is 15.3. The maximum Gasteiger partial charge on any atom is 0.0647 e. The molecule has 0 saturated heterocycles. The molecule has 86 valence electrons. The predicted octanol–water partition coefficient (Wildman–Crippen LogP) is 0.819. The molecule has 2 rings (SSSR count). The monoisotopic (exact) mass is 219 g/mol. The van der Waals surface area contributed by atoms with Gasteiger partial charge in [-0.25, -0.2) is 0 Å². The number of nitrogens with zero attached hydrogens (tertiary/aromatic N) is 4. The van der Waals surface area contributed by atoms with Crippen LogP contribution >= 0.6 is 0 Å². The van der Waals surface area contributed by atoms with Gasteiger partial charge in [-0.3, -0.25) is 9.36 Å². The molecule has 1 unspecified atom stereocenters. The van der Waals surface area contributed by atoms with Crippen LogP contribution in [0.15, 0.2) is 12.4 Å². The first-order valence-electron chi connectivity index (χ1n) is 5.25. The molecular weight excluding hydrogens is 202 g/mol. The molecule has 2 aromatic rings. The lowest BCUT2D eigenvalue weighted by Crippen LogP contribution is -2.13. The lowest BCUT2D eigenvalue weighted by Gasteiger charge is -2.10. The first-order chi connectivity index (χ1) is 7.50. The highest BCUT2D eigenvalue weighted by molar-refractivity contribution is 5.34. The Bertz CT molecular complexity index is 508. The van der Waals surface area contributed by atoms with E-state index >= 15 is 0 Å². The van der Waals surface area contributed by atoms with Gasteiger partial charge in [0.1, 0.15) is 0 Å². The summed E-state index contributed by atoms with van der Waals surface area (Å²) in [5.74, 6) is 0. The quantitative estimate of drug-likeness (QED) is 0.813. The molecule has 0 bridgehead atoms. The lowest BCUT2D eigenvalue weighted by atomic mass is 10.0. The van der Waals surface area contributed by atoms with Crippen molar-refractivity contribution >= 4 is 0 Å². The third-order valence-electron chi connectivity index (χ3n) is 2.96. The molecule has 0 amide bonds. The summed E-state index contributed by atoms with van der Waals surface area (Å²) in [5.41, 5.74) is 10.4. The number of hydrogen-bond donors (Lipinski definition) is 1. The number of nitrogens with two attached hydrogens (primary N) is 1. The number of hydrogen-bond acceptors (Lipinski definition) is 3. The van der Waals surface area contributed by atoms with Crippen molar-refractivity contribution in [3.63, 3.8) is 0 Å². The van der Waals surface area contributed by atoms with Crippen LogP contribution in [-0.2, 0) is 14.1 Å². The second-order valence-electron chi connectivity index (χ2n) is 4.13. The summed E-state index contributed by atoms with van der Waals surface area (Å²) in [6.45, 7) is 4.02. The Balaban J connectivity index is 2.44. The Morgan fingerprint density at radius 2 is 2.00 bits per heavy atom. The van der Waals surface area contributed by atoms with E-state index in [9.17, 15) is 0 Å². The molecular formula is C11H17N5. The second kappa shape index (κ2) is 3.75. The van der Waals surface area contributed by atoms with Crippen LogP contribution in [0.4, 0.5) is 0 Å². The molecule has 0 aliphatic carbocycles. The van der Waals surface area contributed by atoms with Gasteiger partial charge in [-0.15, -0.1) is 0 Å². The standard InChI is InChI=1S/C11H17N5/c1-7-10(8(2)16(4)14-7)11(12)9-5-13-15(3)6-9/h5-6,11H,12H2,1-4H3. The van der Waals surface area contributed by atoms with Gasteiger partial charge in [0.15, 0.2) is 0 Å². The van der Waals surface area contributed by atoms with Crippen LogP contribution in [0.2, 0.25) is 0 Å². The second-order valence-corrected chi connectivity index (χ2v) is 4.13. The first kappa shape index (κ1) is 10.9. The fourth-order valence-corrected chi connectivity index (χ4v) is 2.01. The Hall–Kier alpha value is -1.62. The van der Waals surface area contributed by atoms with E-state index in [0.29, 0.717) is 0 Å². The lowest BCUT2D eigenvalue weighted by molar-refractivity contribution is 0.728. The number of aromatic nitrogens is 4. The van der Waals surface area contributed by atoms with Crippen molar-refractivity contribution in [3.8, 4) is 0 Å².